The number of carbonyl (C=O) groups excluding carboxylic acids is 1. The number of rotatable bonds is 2. The molecular weight excluding hydrogens is 292 g/mol. The molecule has 2 heterocycles. The first kappa shape index (κ1) is 15.7. The minimum absolute atomic E-state index is 0.0476. The highest BCUT2D eigenvalue weighted by Gasteiger charge is 2.26. The molecule has 0 spiro atoms. The van der Waals surface area contributed by atoms with Gasteiger partial charge in [-0.2, -0.15) is 0 Å². The summed E-state index contributed by atoms with van der Waals surface area (Å²) in [6, 6.07) is 7.22. The standard InChI is InChI=1S/C18H22N2O3/c1-12(2)16-11-20(8-5-9-23-16)18(22)15-10-19-17(21)14-7-4-3-6-13(14)15/h3-4,6-7,10,12,16H,5,8-9,11H2,1-2H3,(H,19,21)/t16-/m0/s1. The molecule has 23 heavy (non-hydrogen) atoms. The Morgan fingerprint density at radius 1 is 1.30 bits per heavy atom. The molecule has 1 amide bonds. The van der Waals surface area contributed by atoms with Crippen molar-refractivity contribution in [1.29, 1.82) is 0 Å². The lowest BCUT2D eigenvalue weighted by Crippen LogP contribution is -2.39. The normalized spacial score (nSPS) is 19.1. The molecule has 5 nitrogen and oxygen atoms in total. The van der Waals surface area contributed by atoms with E-state index in [9.17, 15) is 9.59 Å². The van der Waals surface area contributed by atoms with E-state index >= 15 is 0 Å². The van der Waals surface area contributed by atoms with Crippen LogP contribution >= 0.6 is 0 Å². The number of H-pyrrole nitrogens is 1. The van der Waals surface area contributed by atoms with Gasteiger partial charge in [-0.15, -0.1) is 0 Å². The Hall–Kier alpha value is -2.14. The summed E-state index contributed by atoms with van der Waals surface area (Å²) >= 11 is 0. The highest BCUT2D eigenvalue weighted by Crippen LogP contribution is 2.19. The number of benzene rings is 1. The monoisotopic (exact) mass is 314 g/mol. The molecule has 0 saturated carbocycles. The number of nitrogens with one attached hydrogen (secondary N) is 1. The first-order valence-corrected chi connectivity index (χ1v) is 8.09. The summed E-state index contributed by atoms with van der Waals surface area (Å²) in [5.41, 5.74) is 0.376. The van der Waals surface area contributed by atoms with Crippen molar-refractivity contribution in [3.05, 3.63) is 46.4 Å². The third kappa shape index (κ3) is 3.15. The number of carbonyl (C=O) groups is 1. The lowest BCUT2D eigenvalue weighted by atomic mass is 10.0. The van der Waals surface area contributed by atoms with Crippen molar-refractivity contribution in [2.24, 2.45) is 5.92 Å². The fourth-order valence-corrected chi connectivity index (χ4v) is 3.00. The highest BCUT2D eigenvalue weighted by atomic mass is 16.5. The van der Waals surface area contributed by atoms with Gasteiger partial charge in [-0.1, -0.05) is 32.0 Å². The Balaban J connectivity index is 1.96. The SMILES string of the molecule is CC(C)[C@@H]1CN(C(=O)c2c[nH]c(=O)c3ccccc23)CCCO1. The molecule has 2 aromatic rings. The highest BCUT2D eigenvalue weighted by molar-refractivity contribution is 6.06. The summed E-state index contributed by atoms with van der Waals surface area (Å²) < 4.78 is 5.84. The predicted octanol–water partition coefficient (Wildman–Crippen LogP) is 2.42. The Kier molecular flexibility index (Phi) is 4.48. The number of hydrogen-bond donors (Lipinski definition) is 1. The number of hydrogen-bond acceptors (Lipinski definition) is 3. The van der Waals surface area contributed by atoms with Crippen LogP contribution in [0.25, 0.3) is 10.8 Å². The molecule has 0 aliphatic carbocycles. The van der Waals surface area contributed by atoms with Crippen LogP contribution in [0.15, 0.2) is 35.3 Å². The maximum atomic E-state index is 13.0. The molecule has 1 aliphatic rings. The van der Waals surface area contributed by atoms with Gasteiger partial charge in [0.25, 0.3) is 11.5 Å². The molecule has 1 fully saturated rings. The zero-order valence-electron chi connectivity index (χ0n) is 13.5. The lowest BCUT2D eigenvalue weighted by molar-refractivity contribution is 0.0222. The number of fused-ring (bicyclic) bond motifs is 1. The molecule has 1 saturated heterocycles. The van der Waals surface area contributed by atoms with Gasteiger partial charge in [0.2, 0.25) is 0 Å². The van der Waals surface area contributed by atoms with E-state index in [4.69, 9.17) is 4.74 Å². The van der Waals surface area contributed by atoms with Crippen LogP contribution in [0.2, 0.25) is 0 Å². The molecular formula is C18H22N2O3. The second-order valence-corrected chi connectivity index (χ2v) is 6.34. The van der Waals surface area contributed by atoms with Crippen LogP contribution < -0.4 is 5.56 Å². The Bertz CT molecular complexity index is 766. The average molecular weight is 314 g/mol. The summed E-state index contributed by atoms with van der Waals surface area (Å²) in [5, 5.41) is 1.25. The van der Waals surface area contributed by atoms with Gasteiger partial charge in [0.15, 0.2) is 0 Å². The van der Waals surface area contributed by atoms with Crippen LogP contribution in [0.5, 0.6) is 0 Å². The smallest absolute Gasteiger partial charge is 0.256 e. The minimum Gasteiger partial charge on any atom is -0.376 e. The van der Waals surface area contributed by atoms with Gasteiger partial charge in [0, 0.05) is 36.7 Å². The van der Waals surface area contributed by atoms with E-state index in [0.29, 0.717) is 42.0 Å². The number of ether oxygens (including phenoxy) is 1. The molecule has 1 atom stereocenters. The van der Waals surface area contributed by atoms with Crippen molar-refractivity contribution in [2.75, 3.05) is 19.7 Å². The van der Waals surface area contributed by atoms with Crippen molar-refractivity contribution in [3.63, 3.8) is 0 Å². The van der Waals surface area contributed by atoms with E-state index in [1.807, 2.05) is 17.0 Å². The fraction of sp³-hybridized carbons (Fsp3) is 0.444. The molecule has 5 heteroatoms. The van der Waals surface area contributed by atoms with Crippen LogP contribution in [-0.4, -0.2) is 41.6 Å². The summed E-state index contributed by atoms with van der Waals surface area (Å²) in [4.78, 5) is 29.4. The fourth-order valence-electron chi connectivity index (χ4n) is 3.00. The Morgan fingerprint density at radius 3 is 2.78 bits per heavy atom. The molecule has 3 rings (SSSR count). The summed E-state index contributed by atoms with van der Waals surface area (Å²) in [7, 11) is 0. The van der Waals surface area contributed by atoms with Gasteiger partial charge in [0.05, 0.1) is 11.7 Å². The van der Waals surface area contributed by atoms with Crippen molar-refractivity contribution >= 4 is 16.7 Å². The van der Waals surface area contributed by atoms with Gasteiger partial charge in [-0.05, 0) is 18.4 Å². The van der Waals surface area contributed by atoms with Crippen LogP contribution in [0.3, 0.4) is 0 Å². The van der Waals surface area contributed by atoms with Crippen molar-refractivity contribution in [3.8, 4) is 0 Å². The molecule has 0 radical (unpaired) electrons. The summed E-state index contributed by atoms with van der Waals surface area (Å²) in [6.45, 7) is 6.15. The largest absolute Gasteiger partial charge is 0.376 e. The van der Waals surface area contributed by atoms with Crippen LogP contribution in [0, 0.1) is 5.92 Å². The van der Waals surface area contributed by atoms with Crippen molar-refractivity contribution in [1.82, 2.24) is 9.88 Å². The molecule has 1 aromatic carbocycles. The summed E-state index contributed by atoms with van der Waals surface area (Å²) in [6.07, 6.45) is 2.41. The molecule has 122 valence electrons. The second kappa shape index (κ2) is 6.54. The van der Waals surface area contributed by atoms with Crippen LogP contribution in [0.4, 0.5) is 0 Å². The topological polar surface area (TPSA) is 62.4 Å². The predicted molar refractivity (Wildman–Crippen MR) is 89.7 cm³/mol. The third-order valence-electron chi connectivity index (χ3n) is 4.38. The maximum absolute atomic E-state index is 13.0. The number of nitrogens with zero attached hydrogens (tertiary/aromatic N) is 1. The van der Waals surface area contributed by atoms with Crippen LogP contribution in [0.1, 0.15) is 30.6 Å². The first-order valence-electron chi connectivity index (χ1n) is 8.09. The van der Waals surface area contributed by atoms with E-state index in [1.165, 1.54) is 6.20 Å². The van der Waals surface area contributed by atoms with Gasteiger partial charge in [-0.25, -0.2) is 0 Å². The van der Waals surface area contributed by atoms with Gasteiger partial charge < -0.3 is 14.6 Å². The molecule has 1 aliphatic heterocycles. The maximum Gasteiger partial charge on any atom is 0.256 e. The van der Waals surface area contributed by atoms with E-state index < -0.39 is 0 Å². The zero-order valence-corrected chi connectivity index (χ0v) is 13.5. The summed E-state index contributed by atoms with van der Waals surface area (Å²) in [5.74, 6) is 0.310. The number of aromatic amines is 1. The number of aromatic nitrogens is 1. The van der Waals surface area contributed by atoms with E-state index in [-0.39, 0.29) is 17.6 Å². The zero-order chi connectivity index (χ0) is 16.4. The van der Waals surface area contributed by atoms with Gasteiger partial charge in [0.1, 0.15) is 0 Å². The van der Waals surface area contributed by atoms with E-state index in [2.05, 4.69) is 18.8 Å². The van der Waals surface area contributed by atoms with Crippen LogP contribution in [-0.2, 0) is 4.74 Å². The minimum atomic E-state index is -0.170. The Labute approximate surface area is 135 Å². The van der Waals surface area contributed by atoms with Crippen molar-refractivity contribution in [2.45, 2.75) is 26.4 Å². The molecule has 1 aromatic heterocycles. The third-order valence-corrected chi connectivity index (χ3v) is 4.38. The van der Waals surface area contributed by atoms with E-state index in [1.54, 1.807) is 12.1 Å². The van der Waals surface area contributed by atoms with Crippen molar-refractivity contribution < 1.29 is 9.53 Å². The number of pyridine rings is 1. The molecule has 0 unspecified atom stereocenters. The lowest BCUT2D eigenvalue weighted by Gasteiger charge is -2.26. The average Bonchev–Trinajstić information content (AvgIpc) is 2.81. The van der Waals surface area contributed by atoms with E-state index in [0.717, 1.165) is 6.42 Å². The first-order chi connectivity index (χ1) is 11.1. The molecule has 0 bridgehead atoms. The number of amides is 1. The van der Waals surface area contributed by atoms with Gasteiger partial charge >= 0.3 is 0 Å². The second-order valence-electron chi connectivity index (χ2n) is 6.34. The quantitative estimate of drug-likeness (QED) is 0.926. The van der Waals surface area contributed by atoms with Gasteiger partial charge in [-0.3, -0.25) is 9.59 Å². The Morgan fingerprint density at radius 2 is 2.04 bits per heavy atom. The molecule has 1 N–H and O–H groups in total.